The van der Waals surface area contributed by atoms with Crippen LogP contribution < -0.4 is 5.14 Å². The van der Waals surface area contributed by atoms with Gasteiger partial charge in [0.15, 0.2) is 11.4 Å². The van der Waals surface area contributed by atoms with Crippen molar-refractivity contribution in [1.82, 2.24) is 15.2 Å². The summed E-state index contributed by atoms with van der Waals surface area (Å²) in [6, 6.07) is 12.7. The van der Waals surface area contributed by atoms with Crippen LogP contribution >= 0.6 is 0 Å². The fourth-order valence-corrected chi connectivity index (χ4v) is 5.12. The molecule has 164 valence electrons. The molecule has 9 nitrogen and oxygen atoms in total. The Hall–Kier alpha value is -3.41. The number of ketones is 1. The number of Topliss-reactive ketones (excluding diaryl/α,β-unsaturated/α-hetero) is 1. The first kappa shape index (κ1) is 21.8. The van der Waals surface area contributed by atoms with Gasteiger partial charge < -0.3 is 0 Å². The Morgan fingerprint density at radius 3 is 2.34 bits per heavy atom. The number of aromatic nitrogens is 3. The molecule has 0 aliphatic rings. The number of pyridine rings is 1. The number of aryl methyl sites for hydroxylation is 1. The highest BCUT2D eigenvalue weighted by molar-refractivity contribution is 7.91. The molecule has 0 fully saturated rings. The molecule has 0 atom stereocenters. The second-order valence-electron chi connectivity index (χ2n) is 7.12. The number of benzene rings is 2. The number of fused-ring (bicyclic) bond motifs is 1. The van der Waals surface area contributed by atoms with Crippen LogP contribution in [-0.4, -0.2) is 37.8 Å². The third kappa shape index (κ3) is 4.44. The van der Waals surface area contributed by atoms with Gasteiger partial charge in [-0.1, -0.05) is 18.2 Å². The SMILES string of the molecule is NS(=O)(=O)c1cccc(S(=O)(=O)c2ccc(CCC(=O)c3cnc4[nH]ncc4c3)cc2)c1. The van der Waals surface area contributed by atoms with Crippen LogP contribution in [0.3, 0.4) is 0 Å². The van der Waals surface area contributed by atoms with Crippen molar-refractivity contribution >= 4 is 36.7 Å². The largest absolute Gasteiger partial charge is 0.294 e. The van der Waals surface area contributed by atoms with E-state index in [0.29, 0.717) is 17.6 Å². The number of nitrogens with two attached hydrogens (primary N) is 1. The molecule has 0 radical (unpaired) electrons. The molecule has 0 aliphatic carbocycles. The summed E-state index contributed by atoms with van der Waals surface area (Å²) in [6.45, 7) is 0. The molecular weight excluding hydrogens is 452 g/mol. The summed E-state index contributed by atoms with van der Waals surface area (Å²) >= 11 is 0. The Bertz CT molecular complexity index is 1530. The van der Waals surface area contributed by atoms with Gasteiger partial charge in [0.1, 0.15) is 0 Å². The quantitative estimate of drug-likeness (QED) is 0.393. The van der Waals surface area contributed by atoms with Crippen molar-refractivity contribution in [3.8, 4) is 0 Å². The number of hydrogen-bond acceptors (Lipinski definition) is 7. The fourth-order valence-electron chi connectivity index (χ4n) is 3.18. The van der Waals surface area contributed by atoms with Crippen LogP contribution in [0.25, 0.3) is 11.0 Å². The minimum absolute atomic E-state index is 0.00811. The van der Waals surface area contributed by atoms with Gasteiger partial charge >= 0.3 is 0 Å². The van der Waals surface area contributed by atoms with Crippen molar-refractivity contribution in [2.24, 2.45) is 5.14 Å². The lowest BCUT2D eigenvalue weighted by atomic mass is 10.0. The summed E-state index contributed by atoms with van der Waals surface area (Å²) in [5.74, 6) is -0.0860. The van der Waals surface area contributed by atoms with E-state index in [-0.39, 0.29) is 26.9 Å². The summed E-state index contributed by atoms with van der Waals surface area (Å²) in [5, 5.41) is 12.4. The van der Waals surface area contributed by atoms with Crippen LogP contribution in [0.5, 0.6) is 0 Å². The highest BCUT2D eigenvalue weighted by Gasteiger charge is 2.20. The lowest BCUT2D eigenvalue weighted by Crippen LogP contribution is -2.13. The maximum atomic E-state index is 12.9. The number of H-pyrrole nitrogens is 1. The van der Waals surface area contributed by atoms with Gasteiger partial charge in [0.25, 0.3) is 0 Å². The molecule has 0 bridgehead atoms. The molecule has 4 aromatic rings. The highest BCUT2D eigenvalue weighted by atomic mass is 32.2. The minimum atomic E-state index is -4.03. The van der Waals surface area contributed by atoms with E-state index in [0.717, 1.165) is 17.0 Å². The molecule has 2 heterocycles. The van der Waals surface area contributed by atoms with Gasteiger partial charge in [0.05, 0.1) is 20.9 Å². The Labute approximate surface area is 184 Å². The standard InChI is InChI=1S/C21H18N4O5S2/c22-32(29,30)19-3-1-2-18(11-19)31(27,28)17-7-4-14(5-8-17)6-9-20(26)15-10-16-13-24-25-21(16)23-12-15/h1-5,7-8,10-13H,6,9H2,(H2,22,29,30)(H,23,24,25). The molecule has 11 heteroatoms. The second-order valence-corrected chi connectivity index (χ2v) is 10.6. The van der Waals surface area contributed by atoms with Gasteiger partial charge in [-0.05, 0) is 48.4 Å². The van der Waals surface area contributed by atoms with Crippen molar-refractivity contribution in [2.45, 2.75) is 27.5 Å². The maximum Gasteiger partial charge on any atom is 0.238 e. The zero-order valence-electron chi connectivity index (χ0n) is 16.6. The molecule has 4 rings (SSSR count). The van der Waals surface area contributed by atoms with Gasteiger partial charge in [-0.25, -0.2) is 27.0 Å². The molecule has 0 aliphatic heterocycles. The fraction of sp³-hybridized carbons (Fsp3) is 0.0952. The Kier molecular flexibility index (Phi) is 5.63. The zero-order chi connectivity index (χ0) is 22.9. The van der Waals surface area contributed by atoms with E-state index in [9.17, 15) is 21.6 Å². The van der Waals surface area contributed by atoms with Gasteiger partial charge in [-0.2, -0.15) is 5.10 Å². The number of aromatic amines is 1. The summed E-state index contributed by atoms with van der Waals surface area (Å²) in [5.41, 5.74) is 1.87. The lowest BCUT2D eigenvalue weighted by Gasteiger charge is -2.08. The molecule has 3 N–H and O–H groups in total. The van der Waals surface area contributed by atoms with Crippen LogP contribution in [0.1, 0.15) is 22.3 Å². The predicted molar refractivity (Wildman–Crippen MR) is 116 cm³/mol. The summed E-state index contributed by atoms with van der Waals surface area (Å²) in [6.07, 6.45) is 3.74. The monoisotopic (exact) mass is 470 g/mol. The number of carbonyl (C=O) groups is 1. The topological polar surface area (TPSA) is 153 Å². The molecule has 0 saturated carbocycles. The van der Waals surface area contributed by atoms with E-state index in [1.807, 2.05) is 0 Å². The minimum Gasteiger partial charge on any atom is -0.294 e. The first-order valence-corrected chi connectivity index (χ1v) is 12.5. The number of hydrogen-bond donors (Lipinski definition) is 2. The average molecular weight is 471 g/mol. The van der Waals surface area contributed by atoms with Crippen LogP contribution in [0.4, 0.5) is 0 Å². The van der Waals surface area contributed by atoms with E-state index in [1.54, 1.807) is 24.4 Å². The van der Waals surface area contributed by atoms with Crippen molar-refractivity contribution in [1.29, 1.82) is 0 Å². The Balaban J connectivity index is 1.48. The zero-order valence-corrected chi connectivity index (χ0v) is 18.2. The third-order valence-corrected chi connectivity index (χ3v) is 7.61. The Morgan fingerprint density at radius 2 is 1.62 bits per heavy atom. The smallest absolute Gasteiger partial charge is 0.238 e. The van der Waals surface area contributed by atoms with E-state index < -0.39 is 19.9 Å². The van der Waals surface area contributed by atoms with Crippen molar-refractivity contribution < 1.29 is 21.6 Å². The van der Waals surface area contributed by atoms with E-state index in [2.05, 4.69) is 15.2 Å². The molecule has 0 amide bonds. The number of nitrogens with one attached hydrogen (secondary N) is 1. The molecule has 2 aromatic carbocycles. The van der Waals surface area contributed by atoms with Crippen LogP contribution in [0, 0.1) is 0 Å². The first-order valence-electron chi connectivity index (χ1n) is 9.44. The van der Waals surface area contributed by atoms with Crippen LogP contribution in [0.15, 0.2) is 81.7 Å². The van der Waals surface area contributed by atoms with Crippen LogP contribution in [0.2, 0.25) is 0 Å². The average Bonchev–Trinajstić information content (AvgIpc) is 3.25. The molecule has 0 saturated heterocycles. The molecule has 0 spiro atoms. The number of sulfone groups is 1. The van der Waals surface area contributed by atoms with Crippen molar-refractivity contribution in [3.63, 3.8) is 0 Å². The van der Waals surface area contributed by atoms with Crippen molar-refractivity contribution in [2.75, 3.05) is 0 Å². The molecule has 32 heavy (non-hydrogen) atoms. The van der Waals surface area contributed by atoms with E-state index in [4.69, 9.17) is 5.14 Å². The number of carbonyl (C=O) groups excluding carboxylic acids is 1. The Morgan fingerprint density at radius 1 is 0.906 bits per heavy atom. The van der Waals surface area contributed by atoms with Gasteiger partial charge in [-0.3, -0.25) is 9.89 Å². The number of nitrogens with zero attached hydrogens (tertiary/aromatic N) is 2. The van der Waals surface area contributed by atoms with Gasteiger partial charge in [0, 0.05) is 23.6 Å². The third-order valence-electron chi connectivity index (χ3n) is 4.93. The molecule has 2 aromatic heterocycles. The summed E-state index contributed by atoms with van der Waals surface area (Å²) in [7, 11) is -7.96. The van der Waals surface area contributed by atoms with E-state index >= 15 is 0 Å². The second kappa shape index (κ2) is 8.26. The first-order chi connectivity index (χ1) is 15.1. The normalized spacial score (nSPS) is 12.2. The number of sulfonamides is 1. The highest BCUT2D eigenvalue weighted by Crippen LogP contribution is 2.23. The molecular formula is C21H18N4O5S2. The van der Waals surface area contributed by atoms with Crippen molar-refractivity contribution in [3.05, 3.63) is 78.1 Å². The summed E-state index contributed by atoms with van der Waals surface area (Å²) < 4.78 is 48.8. The van der Waals surface area contributed by atoms with Gasteiger partial charge in [0.2, 0.25) is 19.9 Å². The van der Waals surface area contributed by atoms with Crippen LogP contribution in [-0.2, 0) is 26.3 Å². The molecule has 0 unspecified atom stereocenters. The predicted octanol–water partition coefficient (Wildman–Crippen LogP) is 2.25. The lowest BCUT2D eigenvalue weighted by molar-refractivity contribution is 0.0982. The summed E-state index contributed by atoms with van der Waals surface area (Å²) in [4.78, 5) is 16.2. The van der Waals surface area contributed by atoms with E-state index in [1.165, 1.54) is 36.5 Å². The number of primary sulfonamides is 1. The maximum absolute atomic E-state index is 12.9. The van der Waals surface area contributed by atoms with Gasteiger partial charge in [-0.15, -0.1) is 0 Å². The number of rotatable bonds is 7.